The quantitative estimate of drug-likeness (QED) is 0.584. The van der Waals surface area contributed by atoms with Crippen molar-refractivity contribution in [2.24, 2.45) is 17.6 Å². The number of likely N-dealkylation sites (tertiary alicyclic amines) is 1. The molecule has 152 valence electrons. The Morgan fingerprint density at radius 3 is 2.76 bits per heavy atom. The lowest BCUT2D eigenvalue weighted by Gasteiger charge is -2.29. The third kappa shape index (κ3) is 2.47. The number of imide groups is 1. The van der Waals surface area contributed by atoms with Crippen LogP contribution < -0.4 is 16.4 Å². The van der Waals surface area contributed by atoms with Gasteiger partial charge in [-0.1, -0.05) is 18.2 Å². The number of carbonyl (C=O) groups excluding carboxylic acids is 4. The molecule has 1 spiro atoms. The highest BCUT2D eigenvalue weighted by Crippen LogP contribution is 2.53. The Morgan fingerprint density at radius 2 is 2.03 bits per heavy atom. The topological polar surface area (TPSA) is 131 Å². The molecule has 0 aliphatic carbocycles. The summed E-state index contributed by atoms with van der Waals surface area (Å²) in [7, 11) is 0. The molecule has 5 atom stereocenters. The summed E-state index contributed by atoms with van der Waals surface area (Å²) in [4.78, 5) is 52.7. The van der Waals surface area contributed by atoms with Crippen molar-refractivity contribution in [3.05, 3.63) is 29.8 Å². The van der Waals surface area contributed by atoms with Crippen molar-refractivity contribution in [3.63, 3.8) is 0 Å². The van der Waals surface area contributed by atoms with E-state index in [2.05, 4.69) is 10.6 Å². The van der Waals surface area contributed by atoms with Crippen LogP contribution in [0.2, 0.25) is 0 Å². The van der Waals surface area contributed by atoms with Crippen LogP contribution >= 0.6 is 0 Å². The molecule has 0 unspecified atom stereocenters. The van der Waals surface area contributed by atoms with Gasteiger partial charge in [-0.15, -0.1) is 0 Å². The number of nitrogens with one attached hydrogen (secondary N) is 2. The number of ether oxygens (including phenoxy) is 1. The molecular formula is C20H22N4O5. The van der Waals surface area contributed by atoms with Crippen LogP contribution in [-0.2, 0) is 29.5 Å². The van der Waals surface area contributed by atoms with Gasteiger partial charge in [-0.25, -0.2) is 0 Å². The van der Waals surface area contributed by atoms with Crippen LogP contribution in [0, 0.1) is 11.8 Å². The summed E-state index contributed by atoms with van der Waals surface area (Å²) in [5, 5.41) is 5.98. The Kier molecular flexibility index (Phi) is 4.01. The first-order valence-electron chi connectivity index (χ1n) is 9.87. The van der Waals surface area contributed by atoms with Crippen LogP contribution in [0.25, 0.3) is 0 Å². The molecule has 29 heavy (non-hydrogen) atoms. The van der Waals surface area contributed by atoms with Crippen molar-refractivity contribution < 1.29 is 23.9 Å². The fourth-order valence-corrected chi connectivity index (χ4v) is 5.38. The summed E-state index contributed by atoms with van der Waals surface area (Å²) in [6, 6.07) is 6.40. The average molecular weight is 398 g/mol. The zero-order valence-corrected chi connectivity index (χ0v) is 15.7. The van der Waals surface area contributed by atoms with Gasteiger partial charge in [-0.05, 0) is 18.9 Å². The summed E-state index contributed by atoms with van der Waals surface area (Å²) in [6.45, 7) is 0.784. The summed E-state index contributed by atoms with van der Waals surface area (Å²) in [5.41, 5.74) is 5.24. The second-order valence-electron chi connectivity index (χ2n) is 8.15. The van der Waals surface area contributed by atoms with E-state index < -0.39 is 35.2 Å². The van der Waals surface area contributed by atoms with Gasteiger partial charge in [0, 0.05) is 30.3 Å². The van der Waals surface area contributed by atoms with Crippen LogP contribution in [0.1, 0.15) is 24.8 Å². The highest BCUT2D eigenvalue weighted by Gasteiger charge is 2.70. The van der Waals surface area contributed by atoms with Gasteiger partial charge < -0.3 is 15.8 Å². The van der Waals surface area contributed by atoms with Crippen LogP contribution in [0.15, 0.2) is 24.3 Å². The summed E-state index contributed by atoms with van der Waals surface area (Å²) >= 11 is 0. The number of benzene rings is 1. The lowest BCUT2D eigenvalue weighted by Crippen LogP contribution is -2.54. The van der Waals surface area contributed by atoms with E-state index in [9.17, 15) is 19.2 Å². The van der Waals surface area contributed by atoms with Gasteiger partial charge in [0.1, 0.15) is 5.54 Å². The number of fused-ring (bicyclic) bond motifs is 4. The van der Waals surface area contributed by atoms with E-state index >= 15 is 0 Å². The molecule has 4 heterocycles. The Hall–Kier alpha value is -2.78. The predicted octanol–water partition coefficient (Wildman–Crippen LogP) is -0.539. The van der Waals surface area contributed by atoms with E-state index in [4.69, 9.17) is 10.5 Å². The fraction of sp³-hybridized carbons (Fsp3) is 0.500. The maximum atomic E-state index is 13.4. The van der Waals surface area contributed by atoms with Crippen molar-refractivity contribution in [2.45, 2.75) is 36.9 Å². The van der Waals surface area contributed by atoms with Gasteiger partial charge in [-0.3, -0.25) is 29.4 Å². The van der Waals surface area contributed by atoms with Gasteiger partial charge in [0.25, 0.3) is 0 Å². The monoisotopic (exact) mass is 398 g/mol. The molecule has 4 aliphatic heterocycles. The van der Waals surface area contributed by atoms with Gasteiger partial charge in [0.2, 0.25) is 23.6 Å². The fourth-order valence-electron chi connectivity index (χ4n) is 5.38. The molecule has 3 saturated heterocycles. The van der Waals surface area contributed by atoms with Crippen molar-refractivity contribution in [2.75, 3.05) is 18.5 Å². The summed E-state index contributed by atoms with van der Waals surface area (Å²) in [6.07, 6.45) is 1.35. The number of amides is 4. The SMILES string of the molecule is NC(=O)C[C@@H]1N[C@]2(C(=O)Nc3ccccc32)[C@@H]2C(=O)N(C[C@@H]3CCCO3)C(=O)[C@H]12. The molecule has 0 aromatic heterocycles. The summed E-state index contributed by atoms with van der Waals surface area (Å²) in [5.74, 6) is -3.51. The highest BCUT2D eigenvalue weighted by molar-refractivity contribution is 6.15. The van der Waals surface area contributed by atoms with Gasteiger partial charge in [-0.2, -0.15) is 0 Å². The highest BCUT2D eigenvalue weighted by atomic mass is 16.5. The van der Waals surface area contributed by atoms with Crippen molar-refractivity contribution in [1.29, 1.82) is 0 Å². The van der Waals surface area contributed by atoms with Crippen LogP contribution in [0.4, 0.5) is 5.69 Å². The van der Waals surface area contributed by atoms with Gasteiger partial charge in [0.05, 0.1) is 24.5 Å². The molecule has 4 aliphatic rings. The first-order valence-corrected chi connectivity index (χ1v) is 9.87. The number of primary amides is 1. The molecule has 4 N–H and O–H groups in total. The molecule has 1 aromatic carbocycles. The van der Waals surface area contributed by atoms with Crippen molar-refractivity contribution in [3.8, 4) is 0 Å². The normalized spacial score (nSPS) is 35.3. The molecule has 9 heteroatoms. The molecule has 0 saturated carbocycles. The second kappa shape index (κ2) is 6.36. The number of hydrogen-bond acceptors (Lipinski definition) is 6. The standard InChI is InChI=1S/C20H22N4O5/c21-14(25)8-13-15-16(18(27)24(17(15)26)9-10-4-3-7-29-10)20(23-13)11-5-1-2-6-12(11)22-19(20)28/h1-2,5-6,10,13,15-16,23H,3-4,7-9H2,(H2,21,25)(H,22,28)/t10-,13-,15+,16-,20-/m0/s1. The zero-order chi connectivity index (χ0) is 20.3. The maximum absolute atomic E-state index is 13.4. The lowest BCUT2D eigenvalue weighted by atomic mass is 9.76. The molecule has 1 aromatic rings. The van der Waals surface area contributed by atoms with E-state index in [0.717, 1.165) is 12.8 Å². The van der Waals surface area contributed by atoms with Crippen LogP contribution in [0.5, 0.6) is 0 Å². The largest absolute Gasteiger partial charge is 0.376 e. The van der Waals surface area contributed by atoms with Gasteiger partial charge in [0.15, 0.2) is 0 Å². The number of nitrogens with zero attached hydrogens (tertiary/aromatic N) is 1. The van der Waals surface area contributed by atoms with Gasteiger partial charge >= 0.3 is 0 Å². The number of anilines is 1. The minimum atomic E-state index is -1.39. The van der Waals surface area contributed by atoms with E-state index in [-0.39, 0.29) is 30.9 Å². The number of hydrogen-bond donors (Lipinski definition) is 3. The lowest BCUT2D eigenvalue weighted by molar-refractivity contribution is -0.144. The molecule has 5 rings (SSSR count). The minimum Gasteiger partial charge on any atom is -0.376 e. The molecule has 0 radical (unpaired) electrons. The molecule has 0 bridgehead atoms. The molecule has 3 fully saturated rings. The number of para-hydroxylation sites is 1. The third-order valence-electron chi connectivity index (χ3n) is 6.55. The Balaban J connectivity index is 1.58. The minimum absolute atomic E-state index is 0.134. The average Bonchev–Trinajstić information content (AvgIpc) is 3.41. The second-order valence-corrected chi connectivity index (χ2v) is 8.15. The van der Waals surface area contributed by atoms with Crippen LogP contribution in [-0.4, -0.2) is 53.8 Å². The first kappa shape index (κ1) is 18.3. The third-order valence-corrected chi connectivity index (χ3v) is 6.55. The van der Waals surface area contributed by atoms with E-state index in [1.807, 2.05) is 0 Å². The smallest absolute Gasteiger partial charge is 0.250 e. The summed E-state index contributed by atoms with van der Waals surface area (Å²) < 4.78 is 5.60. The Labute approximate surface area is 166 Å². The number of rotatable bonds is 4. The van der Waals surface area contributed by atoms with Crippen molar-refractivity contribution >= 4 is 29.3 Å². The number of nitrogens with two attached hydrogens (primary N) is 1. The first-order chi connectivity index (χ1) is 13.9. The Bertz CT molecular complexity index is 927. The van der Waals surface area contributed by atoms with E-state index in [0.29, 0.717) is 17.9 Å². The molecular weight excluding hydrogens is 376 g/mol. The maximum Gasteiger partial charge on any atom is 0.250 e. The van der Waals surface area contributed by atoms with E-state index in [1.165, 1.54) is 4.90 Å². The zero-order valence-electron chi connectivity index (χ0n) is 15.7. The van der Waals surface area contributed by atoms with Crippen LogP contribution in [0.3, 0.4) is 0 Å². The molecule has 4 amide bonds. The number of carbonyl (C=O) groups is 4. The Morgan fingerprint density at radius 1 is 1.24 bits per heavy atom. The predicted molar refractivity (Wildman–Crippen MR) is 100 cm³/mol. The van der Waals surface area contributed by atoms with E-state index in [1.54, 1.807) is 24.3 Å². The molecule has 9 nitrogen and oxygen atoms in total. The van der Waals surface area contributed by atoms with Crippen molar-refractivity contribution in [1.82, 2.24) is 10.2 Å².